The molecule has 0 radical (unpaired) electrons. The smallest absolute Gasteiger partial charge is 0.341 e. The number of carbonyl (C=O) groups is 1. The predicted molar refractivity (Wildman–Crippen MR) is 104 cm³/mol. The fraction of sp³-hybridized carbons (Fsp3) is 0.409. The number of benzene rings is 2. The Morgan fingerprint density at radius 2 is 1.82 bits per heavy atom. The summed E-state index contributed by atoms with van der Waals surface area (Å²) in [4.78, 5) is 14.6. The topological polar surface area (TPSA) is 48.0 Å². The molecule has 2 aromatic carbocycles. The van der Waals surface area contributed by atoms with E-state index in [0.29, 0.717) is 11.3 Å². The van der Waals surface area contributed by atoms with Crippen molar-refractivity contribution in [1.29, 1.82) is 0 Å². The van der Waals surface area contributed by atoms with Crippen molar-refractivity contribution < 1.29 is 23.4 Å². The Morgan fingerprint density at radius 3 is 2.54 bits per heavy atom. The van der Waals surface area contributed by atoms with Gasteiger partial charge >= 0.3 is 5.97 Å². The van der Waals surface area contributed by atoms with Gasteiger partial charge in [-0.25, -0.2) is 9.18 Å². The number of methoxy groups -OCH3 is 1. The van der Waals surface area contributed by atoms with Crippen LogP contribution in [0, 0.1) is 5.82 Å². The lowest BCUT2D eigenvalue weighted by molar-refractivity contribution is 0.0374. The summed E-state index contributed by atoms with van der Waals surface area (Å²) in [5, 5.41) is 0. The van der Waals surface area contributed by atoms with E-state index in [4.69, 9.17) is 14.2 Å². The van der Waals surface area contributed by atoms with E-state index in [9.17, 15) is 9.18 Å². The summed E-state index contributed by atoms with van der Waals surface area (Å²) in [6, 6.07) is 11.7. The molecule has 0 amide bonds. The summed E-state index contributed by atoms with van der Waals surface area (Å²) < 4.78 is 29.1. The highest BCUT2D eigenvalue weighted by Crippen LogP contribution is 2.23. The normalized spacial score (nSPS) is 14.6. The molecule has 0 unspecified atom stereocenters. The summed E-state index contributed by atoms with van der Waals surface area (Å²) in [6.07, 6.45) is 1.88. The molecule has 0 aliphatic carbocycles. The zero-order valence-electron chi connectivity index (χ0n) is 16.2. The Bertz CT molecular complexity index is 773. The zero-order valence-corrected chi connectivity index (χ0v) is 16.2. The minimum absolute atomic E-state index is 0.251. The van der Waals surface area contributed by atoms with Crippen molar-refractivity contribution in [1.82, 2.24) is 4.90 Å². The van der Waals surface area contributed by atoms with E-state index in [-0.39, 0.29) is 12.4 Å². The number of nitrogens with zero attached hydrogens (tertiary/aromatic N) is 1. The third kappa shape index (κ3) is 5.78. The van der Waals surface area contributed by atoms with Gasteiger partial charge in [-0.15, -0.1) is 0 Å². The van der Waals surface area contributed by atoms with Crippen LogP contribution in [0.2, 0.25) is 0 Å². The number of hydrogen-bond acceptors (Lipinski definition) is 5. The summed E-state index contributed by atoms with van der Waals surface area (Å²) in [5.41, 5.74) is 2.31. The zero-order chi connectivity index (χ0) is 19.8. The highest BCUT2D eigenvalue weighted by atomic mass is 19.1. The van der Waals surface area contributed by atoms with Crippen LogP contribution < -0.4 is 4.74 Å². The molecular formula is C22H26FNO4. The first-order chi connectivity index (χ1) is 13.7. The molecule has 6 heteroatoms. The van der Waals surface area contributed by atoms with Crippen molar-refractivity contribution in [3.05, 3.63) is 65.0 Å². The molecular weight excluding hydrogens is 361 g/mol. The number of aryl methyl sites for hydroxylation is 1. The number of ether oxygens (including phenoxy) is 3. The van der Waals surface area contributed by atoms with E-state index in [1.54, 1.807) is 18.2 Å². The number of hydrogen-bond donors (Lipinski definition) is 0. The Hall–Kier alpha value is -2.44. The van der Waals surface area contributed by atoms with Crippen LogP contribution in [0.25, 0.3) is 0 Å². The lowest BCUT2D eigenvalue weighted by Crippen LogP contribution is -2.36. The van der Waals surface area contributed by atoms with Gasteiger partial charge in [0.15, 0.2) is 0 Å². The standard InChI is InChI=1S/C22H26FNO4/c1-26-22(25)20-15-17(3-2-10-24-11-13-27-14-12-24)6-9-21(20)28-16-18-4-7-19(23)8-5-18/h4-9,15H,2-3,10-14,16H2,1H3. The third-order valence-electron chi connectivity index (χ3n) is 4.80. The van der Waals surface area contributed by atoms with Gasteiger partial charge in [0, 0.05) is 13.1 Å². The molecule has 5 nitrogen and oxygen atoms in total. The largest absolute Gasteiger partial charge is 0.488 e. The van der Waals surface area contributed by atoms with Crippen molar-refractivity contribution >= 4 is 5.97 Å². The number of rotatable bonds is 8. The van der Waals surface area contributed by atoms with Gasteiger partial charge in [0.2, 0.25) is 0 Å². The summed E-state index contributed by atoms with van der Waals surface area (Å²) in [6.45, 7) is 4.81. The fourth-order valence-corrected chi connectivity index (χ4v) is 3.20. The SMILES string of the molecule is COC(=O)c1cc(CCCN2CCOCC2)ccc1OCc1ccc(F)cc1. The third-order valence-corrected chi connectivity index (χ3v) is 4.80. The maximum atomic E-state index is 13.0. The van der Waals surface area contributed by atoms with Crippen molar-refractivity contribution in [2.75, 3.05) is 40.0 Å². The predicted octanol–water partition coefficient (Wildman–Crippen LogP) is 3.46. The fourth-order valence-electron chi connectivity index (χ4n) is 3.20. The Balaban J connectivity index is 1.61. The molecule has 0 atom stereocenters. The molecule has 0 saturated carbocycles. The van der Waals surface area contributed by atoms with Crippen molar-refractivity contribution in [2.45, 2.75) is 19.4 Å². The molecule has 0 bridgehead atoms. The molecule has 1 fully saturated rings. The molecule has 1 aliphatic rings. The molecule has 1 heterocycles. The van der Waals surface area contributed by atoms with Gasteiger partial charge in [0.1, 0.15) is 23.7 Å². The lowest BCUT2D eigenvalue weighted by atomic mass is 10.0. The molecule has 1 aliphatic heterocycles. The van der Waals surface area contributed by atoms with Crippen LogP contribution in [0.3, 0.4) is 0 Å². The highest BCUT2D eigenvalue weighted by molar-refractivity contribution is 5.92. The maximum Gasteiger partial charge on any atom is 0.341 e. The van der Waals surface area contributed by atoms with Crippen LogP contribution in [0.1, 0.15) is 27.9 Å². The summed E-state index contributed by atoms with van der Waals surface area (Å²) >= 11 is 0. The van der Waals surface area contributed by atoms with Crippen LogP contribution in [0.4, 0.5) is 4.39 Å². The second-order valence-corrected chi connectivity index (χ2v) is 6.79. The van der Waals surface area contributed by atoms with Gasteiger partial charge in [-0.2, -0.15) is 0 Å². The lowest BCUT2D eigenvalue weighted by Gasteiger charge is -2.26. The average Bonchev–Trinajstić information content (AvgIpc) is 2.74. The van der Waals surface area contributed by atoms with Crippen LogP contribution in [0.15, 0.2) is 42.5 Å². The Kier molecular flexibility index (Phi) is 7.39. The monoisotopic (exact) mass is 387 g/mol. The van der Waals surface area contributed by atoms with Gasteiger partial charge < -0.3 is 14.2 Å². The van der Waals surface area contributed by atoms with Gasteiger partial charge in [-0.1, -0.05) is 18.2 Å². The molecule has 0 spiro atoms. The molecule has 1 saturated heterocycles. The van der Waals surface area contributed by atoms with Gasteiger partial charge in [0.25, 0.3) is 0 Å². The van der Waals surface area contributed by atoms with E-state index >= 15 is 0 Å². The quantitative estimate of drug-likeness (QED) is 0.650. The first-order valence-corrected chi connectivity index (χ1v) is 9.54. The van der Waals surface area contributed by atoms with Gasteiger partial charge in [-0.05, 0) is 54.8 Å². The summed E-state index contributed by atoms with van der Waals surface area (Å²) in [5.74, 6) is -0.252. The van der Waals surface area contributed by atoms with Crippen molar-refractivity contribution in [3.8, 4) is 5.75 Å². The van der Waals surface area contributed by atoms with Gasteiger partial charge in [-0.3, -0.25) is 4.90 Å². The number of esters is 1. The Labute approximate surface area is 165 Å². The van der Waals surface area contributed by atoms with Crippen LogP contribution in [-0.4, -0.2) is 50.8 Å². The van der Waals surface area contributed by atoms with E-state index in [1.165, 1.54) is 19.2 Å². The van der Waals surface area contributed by atoms with Crippen LogP contribution in [-0.2, 0) is 22.5 Å². The molecule has 150 valence electrons. The van der Waals surface area contributed by atoms with Crippen molar-refractivity contribution in [3.63, 3.8) is 0 Å². The Morgan fingerprint density at radius 1 is 1.11 bits per heavy atom. The second-order valence-electron chi connectivity index (χ2n) is 6.79. The van der Waals surface area contributed by atoms with Gasteiger partial charge in [0.05, 0.1) is 20.3 Å². The van der Waals surface area contributed by atoms with E-state index < -0.39 is 5.97 Å². The van der Waals surface area contributed by atoms with Crippen molar-refractivity contribution in [2.24, 2.45) is 0 Å². The number of halogens is 1. The second kappa shape index (κ2) is 10.2. The molecule has 0 N–H and O–H groups in total. The average molecular weight is 387 g/mol. The van der Waals surface area contributed by atoms with E-state index in [0.717, 1.165) is 56.8 Å². The van der Waals surface area contributed by atoms with E-state index in [1.807, 2.05) is 12.1 Å². The molecule has 28 heavy (non-hydrogen) atoms. The van der Waals surface area contributed by atoms with E-state index in [2.05, 4.69) is 4.90 Å². The minimum atomic E-state index is -0.427. The minimum Gasteiger partial charge on any atom is -0.488 e. The highest BCUT2D eigenvalue weighted by Gasteiger charge is 2.15. The summed E-state index contributed by atoms with van der Waals surface area (Å²) in [7, 11) is 1.36. The number of carbonyl (C=O) groups excluding carboxylic acids is 1. The van der Waals surface area contributed by atoms with Crippen LogP contribution >= 0.6 is 0 Å². The first kappa shape index (κ1) is 20.3. The van der Waals surface area contributed by atoms with Crippen LogP contribution in [0.5, 0.6) is 5.75 Å². The number of morpholine rings is 1. The maximum absolute atomic E-state index is 13.0. The first-order valence-electron chi connectivity index (χ1n) is 9.54. The molecule has 0 aromatic heterocycles. The molecule has 3 rings (SSSR count). The molecule has 2 aromatic rings.